The molecule has 0 saturated carbocycles. The van der Waals surface area contributed by atoms with Crippen LogP contribution in [0.5, 0.6) is 0 Å². The molecule has 2 nitrogen and oxygen atoms in total. The first-order valence-corrected chi connectivity index (χ1v) is 5.58. The van der Waals surface area contributed by atoms with Crippen LogP contribution in [0.1, 0.15) is 26.0 Å². The van der Waals surface area contributed by atoms with Gasteiger partial charge in [0.1, 0.15) is 12.4 Å². The van der Waals surface area contributed by atoms with Crippen molar-refractivity contribution in [1.82, 2.24) is 4.98 Å². The molecule has 1 aromatic heterocycles. The molecule has 0 atom stereocenters. The van der Waals surface area contributed by atoms with E-state index in [1.807, 2.05) is 24.3 Å². The first-order valence-electron chi connectivity index (χ1n) is 5.58. The third-order valence-electron chi connectivity index (χ3n) is 2.64. The molecular weight excluding hydrogens is 198 g/mol. The second kappa shape index (κ2) is 4.52. The maximum atomic E-state index is 5.67. The first kappa shape index (κ1) is 10.9. The molecule has 1 aromatic rings. The van der Waals surface area contributed by atoms with Crippen molar-refractivity contribution in [3.8, 4) is 0 Å². The molecule has 0 fully saturated rings. The van der Waals surface area contributed by atoms with Crippen LogP contribution in [0.3, 0.4) is 0 Å². The molecule has 0 N–H and O–H groups in total. The van der Waals surface area contributed by atoms with Gasteiger partial charge in [-0.2, -0.15) is 0 Å². The van der Waals surface area contributed by atoms with Gasteiger partial charge in [0.15, 0.2) is 0 Å². The standard InChI is InChI=1S/C14H17NO/c1-14(2)8-6-13(7-9-14)16-11-12-5-3-4-10-15-12/h3-8,10H,9,11H2,1-2H3. The second-order valence-corrected chi connectivity index (χ2v) is 4.74. The molecule has 2 heteroatoms. The predicted octanol–water partition coefficient (Wildman–Crippen LogP) is 3.47. The maximum Gasteiger partial charge on any atom is 0.130 e. The van der Waals surface area contributed by atoms with E-state index in [2.05, 4.69) is 31.0 Å². The van der Waals surface area contributed by atoms with E-state index in [1.165, 1.54) is 0 Å². The summed E-state index contributed by atoms with van der Waals surface area (Å²) in [5.74, 6) is 0.949. The molecule has 16 heavy (non-hydrogen) atoms. The van der Waals surface area contributed by atoms with E-state index in [0.717, 1.165) is 17.9 Å². The normalized spacial score (nSPS) is 18.0. The highest BCUT2D eigenvalue weighted by atomic mass is 16.5. The Hall–Kier alpha value is -1.57. The summed E-state index contributed by atoms with van der Waals surface area (Å²) in [4.78, 5) is 4.22. The quantitative estimate of drug-likeness (QED) is 0.770. The molecule has 0 amide bonds. The van der Waals surface area contributed by atoms with Crippen LogP contribution in [0.2, 0.25) is 0 Å². The summed E-state index contributed by atoms with van der Waals surface area (Å²) in [5, 5.41) is 0. The summed E-state index contributed by atoms with van der Waals surface area (Å²) in [6.07, 6.45) is 9.20. The van der Waals surface area contributed by atoms with Crippen LogP contribution in [0.4, 0.5) is 0 Å². The zero-order chi connectivity index (χ0) is 11.4. The molecule has 0 radical (unpaired) electrons. The fourth-order valence-electron chi connectivity index (χ4n) is 1.56. The van der Waals surface area contributed by atoms with Crippen molar-refractivity contribution in [1.29, 1.82) is 0 Å². The van der Waals surface area contributed by atoms with Crippen LogP contribution in [0, 0.1) is 5.41 Å². The zero-order valence-corrected chi connectivity index (χ0v) is 9.81. The highest BCUT2D eigenvalue weighted by molar-refractivity contribution is 5.21. The molecular formula is C14H17NO. The zero-order valence-electron chi connectivity index (χ0n) is 9.81. The fourth-order valence-corrected chi connectivity index (χ4v) is 1.56. The van der Waals surface area contributed by atoms with Crippen LogP contribution in [-0.2, 0) is 11.3 Å². The van der Waals surface area contributed by atoms with E-state index < -0.39 is 0 Å². The van der Waals surface area contributed by atoms with Gasteiger partial charge in [-0.3, -0.25) is 4.98 Å². The van der Waals surface area contributed by atoms with Crippen molar-refractivity contribution >= 4 is 0 Å². The fraction of sp³-hybridized carbons (Fsp3) is 0.357. The van der Waals surface area contributed by atoms with Gasteiger partial charge in [0.05, 0.1) is 5.69 Å². The van der Waals surface area contributed by atoms with Crippen LogP contribution < -0.4 is 0 Å². The molecule has 0 bridgehead atoms. The topological polar surface area (TPSA) is 22.1 Å². The van der Waals surface area contributed by atoms with E-state index in [1.54, 1.807) is 6.20 Å². The molecule has 84 valence electrons. The van der Waals surface area contributed by atoms with Gasteiger partial charge < -0.3 is 4.74 Å². The van der Waals surface area contributed by atoms with Gasteiger partial charge in [-0.25, -0.2) is 0 Å². The Morgan fingerprint density at radius 3 is 2.88 bits per heavy atom. The van der Waals surface area contributed by atoms with Gasteiger partial charge in [0.2, 0.25) is 0 Å². The molecule has 2 rings (SSSR count). The second-order valence-electron chi connectivity index (χ2n) is 4.74. The van der Waals surface area contributed by atoms with Gasteiger partial charge in [0.25, 0.3) is 0 Å². The SMILES string of the molecule is CC1(C)C=CC(OCc2ccccn2)=CC1. The number of hydrogen-bond acceptors (Lipinski definition) is 2. The molecule has 0 aliphatic heterocycles. The van der Waals surface area contributed by atoms with Crippen LogP contribution in [-0.4, -0.2) is 4.98 Å². The Morgan fingerprint density at radius 2 is 2.25 bits per heavy atom. The Balaban J connectivity index is 1.89. The Kier molecular flexibility index (Phi) is 3.09. The monoisotopic (exact) mass is 215 g/mol. The summed E-state index contributed by atoms with van der Waals surface area (Å²) in [7, 11) is 0. The van der Waals surface area contributed by atoms with Crippen molar-refractivity contribution in [2.45, 2.75) is 26.9 Å². The summed E-state index contributed by atoms with van der Waals surface area (Å²) in [6, 6.07) is 5.85. The highest BCUT2D eigenvalue weighted by Gasteiger charge is 2.16. The van der Waals surface area contributed by atoms with Crippen LogP contribution in [0.15, 0.2) is 48.4 Å². The minimum atomic E-state index is 0.262. The maximum absolute atomic E-state index is 5.67. The number of nitrogens with zero attached hydrogens (tertiary/aromatic N) is 1. The van der Waals surface area contributed by atoms with Gasteiger partial charge >= 0.3 is 0 Å². The summed E-state index contributed by atoms with van der Waals surface area (Å²) in [5.41, 5.74) is 1.22. The molecule has 1 heterocycles. The van der Waals surface area contributed by atoms with E-state index >= 15 is 0 Å². The van der Waals surface area contributed by atoms with E-state index in [-0.39, 0.29) is 5.41 Å². The first-order chi connectivity index (χ1) is 7.66. The average Bonchev–Trinajstić information content (AvgIpc) is 2.29. The van der Waals surface area contributed by atoms with Crippen molar-refractivity contribution in [3.05, 3.63) is 54.1 Å². The lowest BCUT2D eigenvalue weighted by Gasteiger charge is -2.22. The Bertz CT molecular complexity index is 404. The molecule has 1 aliphatic carbocycles. The molecule has 0 aromatic carbocycles. The summed E-state index contributed by atoms with van der Waals surface area (Å²) in [6.45, 7) is 4.97. The Labute approximate surface area is 96.7 Å². The lowest BCUT2D eigenvalue weighted by molar-refractivity contribution is 0.202. The number of pyridine rings is 1. The molecule has 0 spiro atoms. The Morgan fingerprint density at radius 1 is 1.38 bits per heavy atom. The van der Waals surface area contributed by atoms with Crippen molar-refractivity contribution in [2.24, 2.45) is 5.41 Å². The summed E-state index contributed by atoms with van der Waals surface area (Å²) < 4.78 is 5.67. The van der Waals surface area contributed by atoms with E-state index in [0.29, 0.717) is 6.61 Å². The molecule has 0 unspecified atom stereocenters. The van der Waals surface area contributed by atoms with Crippen LogP contribution in [0.25, 0.3) is 0 Å². The van der Waals surface area contributed by atoms with Gasteiger partial charge in [0, 0.05) is 6.20 Å². The summed E-state index contributed by atoms with van der Waals surface area (Å²) >= 11 is 0. The third kappa shape index (κ3) is 2.96. The van der Waals surface area contributed by atoms with Gasteiger partial charge in [-0.05, 0) is 36.1 Å². The number of ether oxygens (including phenoxy) is 1. The largest absolute Gasteiger partial charge is 0.488 e. The lowest BCUT2D eigenvalue weighted by Crippen LogP contribution is -2.10. The highest BCUT2D eigenvalue weighted by Crippen LogP contribution is 2.28. The van der Waals surface area contributed by atoms with E-state index in [9.17, 15) is 0 Å². The molecule has 0 saturated heterocycles. The number of aromatic nitrogens is 1. The average molecular weight is 215 g/mol. The molecule has 1 aliphatic rings. The van der Waals surface area contributed by atoms with Crippen molar-refractivity contribution in [2.75, 3.05) is 0 Å². The minimum Gasteiger partial charge on any atom is -0.488 e. The lowest BCUT2D eigenvalue weighted by atomic mass is 9.86. The smallest absolute Gasteiger partial charge is 0.130 e. The predicted molar refractivity (Wildman–Crippen MR) is 64.6 cm³/mol. The number of allylic oxidation sites excluding steroid dienone is 3. The van der Waals surface area contributed by atoms with Crippen LogP contribution >= 0.6 is 0 Å². The number of rotatable bonds is 3. The van der Waals surface area contributed by atoms with Gasteiger partial charge in [-0.15, -0.1) is 0 Å². The van der Waals surface area contributed by atoms with E-state index in [4.69, 9.17) is 4.74 Å². The van der Waals surface area contributed by atoms with Crippen molar-refractivity contribution < 1.29 is 4.74 Å². The minimum absolute atomic E-state index is 0.262. The third-order valence-corrected chi connectivity index (χ3v) is 2.64. The van der Waals surface area contributed by atoms with Gasteiger partial charge in [-0.1, -0.05) is 26.0 Å². The number of hydrogen-bond donors (Lipinski definition) is 0. The van der Waals surface area contributed by atoms with Crippen molar-refractivity contribution in [3.63, 3.8) is 0 Å².